The maximum absolute atomic E-state index is 12.6. The van der Waals surface area contributed by atoms with E-state index >= 15 is 0 Å². The summed E-state index contributed by atoms with van der Waals surface area (Å²) in [5.41, 5.74) is 0. The molecule has 3 rings (SSSR count). The summed E-state index contributed by atoms with van der Waals surface area (Å²) in [5.74, 6) is 1.22. The number of benzene rings is 1. The molecule has 1 atom stereocenters. The molecule has 2 saturated heterocycles. The highest BCUT2D eigenvalue weighted by molar-refractivity contribution is 5.77. The first-order valence-electron chi connectivity index (χ1n) is 9.81. The van der Waals surface area contributed by atoms with E-state index in [9.17, 15) is 9.59 Å². The molecule has 0 spiro atoms. The van der Waals surface area contributed by atoms with Gasteiger partial charge in [0, 0.05) is 32.7 Å². The lowest BCUT2D eigenvalue weighted by molar-refractivity contribution is -0.123. The van der Waals surface area contributed by atoms with Crippen molar-refractivity contribution >= 4 is 11.9 Å². The number of methoxy groups -OCH3 is 1. The Morgan fingerprint density at radius 1 is 1.14 bits per heavy atom. The number of nitrogens with zero attached hydrogens (tertiary/aromatic N) is 2. The number of likely N-dealkylation sites (tertiary alicyclic amines) is 1. The maximum Gasteiger partial charge on any atom is 0.320 e. The zero-order valence-corrected chi connectivity index (χ0v) is 16.4. The molecule has 8 heteroatoms. The lowest BCUT2D eigenvalue weighted by Gasteiger charge is -2.37. The largest absolute Gasteiger partial charge is 0.493 e. The van der Waals surface area contributed by atoms with Crippen LogP contribution in [0.3, 0.4) is 0 Å². The van der Waals surface area contributed by atoms with Crippen LogP contribution in [0.4, 0.5) is 4.79 Å². The molecule has 28 heavy (non-hydrogen) atoms. The van der Waals surface area contributed by atoms with Crippen molar-refractivity contribution < 1.29 is 23.8 Å². The molecule has 0 radical (unpaired) electrons. The number of urea groups is 1. The second-order valence-corrected chi connectivity index (χ2v) is 7.08. The Morgan fingerprint density at radius 2 is 1.89 bits per heavy atom. The minimum absolute atomic E-state index is 0.0660. The summed E-state index contributed by atoms with van der Waals surface area (Å²) in [7, 11) is 1.56. The van der Waals surface area contributed by atoms with E-state index < -0.39 is 0 Å². The zero-order valence-electron chi connectivity index (χ0n) is 16.4. The fourth-order valence-electron chi connectivity index (χ4n) is 3.55. The Morgan fingerprint density at radius 3 is 2.64 bits per heavy atom. The standard InChI is InChI=1S/C20H29N3O5/c1-26-17-6-2-3-7-18(17)28-15-19(24)21-13-16-5-4-8-23(14-16)20(25)22-9-11-27-12-10-22/h2-3,6-7,16H,4-5,8-15H2,1H3,(H,21,24)/t16-/m0/s1. The molecule has 0 bridgehead atoms. The van der Waals surface area contributed by atoms with Crippen LogP contribution in [0.5, 0.6) is 11.5 Å². The van der Waals surface area contributed by atoms with E-state index in [4.69, 9.17) is 14.2 Å². The molecular weight excluding hydrogens is 362 g/mol. The second-order valence-electron chi connectivity index (χ2n) is 7.08. The Kier molecular flexibility index (Phi) is 7.36. The van der Waals surface area contributed by atoms with Crippen molar-refractivity contribution in [1.82, 2.24) is 15.1 Å². The first-order valence-corrected chi connectivity index (χ1v) is 9.81. The number of nitrogens with one attached hydrogen (secondary N) is 1. The Labute approximate surface area is 165 Å². The summed E-state index contributed by atoms with van der Waals surface area (Å²) in [5, 5.41) is 2.92. The number of amides is 3. The highest BCUT2D eigenvalue weighted by atomic mass is 16.5. The molecule has 3 amide bonds. The molecular formula is C20H29N3O5. The van der Waals surface area contributed by atoms with Crippen LogP contribution in [0.1, 0.15) is 12.8 Å². The normalized spacial score (nSPS) is 19.8. The molecule has 0 aromatic heterocycles. The van der Waals surface area contributed by atoms with Gasteiger partial charge in [-0.1, -0.05) is 12.1 Å². The molecule has 2 heterocycles. The Hall–Kier alpha value is -2.48. The Balaban J connectivity index is 1.41. The highest BCUT2D eigenvalue weighted by Gasteiger charge is 2.28. The van der Waals surface area contributed by atoms with Crippen molar-refractivity contribution in [2.75, 3.05) is 59.7 Å². The van der Waals surface area contributed by atoms with Gasteiger partial charge in [0.05, 0.1) is 20.3 Å². The van der Waals surface area contributed by atoms with Gasteiger partial charge in [-0.25, -0.2) is 4.79 Å². The molecule has 2 aliphatic rings. The number of morpholine rings is 1. The number of hydrogen-bond donors (Lipinski definition) is 1. The molecule has 1 N–H and O–H groups in total. The van der Waals surface area contributed by atoms with Crippen LogP contribution in [0.15, 0.2) is 24.3 Å². The zero-order chi connectivity index (χ0) is 19.8. The summed E-state index contributed by atoms with van der Waals surface area (Å²) in [6.45, 7) is 4.43. The fraction of sp³-hybridized carbons (Fsp3) is 0.600. The molecule has 2 fully saturated rings. The van der Waals surface area contributed by atoms with Crippen molar-refractivity contribution in [3.8, 4) is 11.5 Å². The van der Waals surface area contributed by atoms with Crippen molar-refractivity contribution in [2.45, 2.75) is 12.8 Å². The maximum atomic E-state index is 12.6. The average Bonchev–Trinajstić information content (AvgIpc) is 2.76. The average molecular weight is 391 g/mol. The lowest BCUT2D eigenvalue weighted by atomic mass is 9.98. The third-order valence-electron chi connectivity index (χ3n) is 5.09. The third-order valence-corrected chi connectivity index (χ3v) is 5.09. The predicted molar refractivity (Wildman–Crippen MR) is 104 cm³/mol. The second kappa shape index (κ2) is 10.2. The summed E-state index contributed by atoms with van der Waals surface area (Å²) in [6.07, 6.45) is 1.95. The summed E-state index contributed by atoms with van der Waals surface area (Å²) < 4.78 is 16.1. The Bertz CT molecular complexity index is 663. The van der Waals surface area contributed by atoms with E-state index in [1.807, 2.05) is 21.9 Å². The summed E-state index contributed by atoms with van der Waals surface area (Å²) in [4.78, 5) is 28.5. The molecule has 0 saturated carbocycles. The first-order chi connectivity index (χ1) is 13.7. The van der Waals surface area contributed by atoms with Crippen LogP contribution in [-0.4, -0.2) is 81.4 Å². The number of piperidine rings is 1. The third kappa shape index (κ3) is 5.51. The van der Waals surface area contributed by atoms with Crippen molar-refractivity contribution in [3.05, 3.63) is 24.3 Å². The van der Waals surface area contributed by atoms with E-state index in [0.717, 1.165) is 19.4 Å². The molecule has 0 unspecified atom stereocenters. The molecule has 154 valence electrons. The van der Waals surface area contributed by atoms with Crippen molar-refractivity contribution in [1.29, 1.82) is 0 Å². The van der Waals surface area contributed by atoms with Gasteiger partial charge in [0.2, 0.25) is 0 Å². The number of rotatable bonds is 6. The lowest BCUT2D eigenvalue weighted by Crippen LogP contribution is -2.52. The minimum atomic E-state index is -0.178. The van der Waals surface area contributed by atoms with E-state index in [-0.39, 0.29) is 24.5 Å². The minimum Gasteiger partial charge on any atom is -0.493 e. The smallest absolute Gasteiger partial charge is 0.320 e. The van der Waals surface area contributed by atoms with Crippen LogP contribution in [0.2, 0.25) is 0 Å². The van der Waals surface area contributed by atoms with Crippen LogP contribution in [0.25, 0.3) is 0 Å². The molecule has 2 aliphatic heterocycles. The van der Waals surface area contributed by atoms with Gasteiger partial charge >= 0.3 is 6.03 Å². The number of carbonyl (C=O) groups is 2. The van der Waals surface area contributed by atoms with Gasteiger partial charge in [-0.05, 0) is 30.9 Å². The SMILES string of the molecule is COc1ccccc1OCC(=O)NC[C@@H]1CCCN(C(=O)N2CCOCC2)C1. The number of ether oxygens (including phenoxy) is 3. The number of para-hydroxylation sites is 2. The number of hydrogen-bond acceptors (Lipinski definition) is 5. The molecule has 1 aromatic rings. The van der Waals surface area contributed by atoms with Crippen LogP contribution in [-0.2, 0) is 9.53 Å². The van der Waals surface area contributed by atoms with E-state index in [0.29, 0.717) is 50.9 Å². The van der Waals surface area contributed by atoms with Crippen LogP contribution >= 0.6 is 0 Å². The van der Waals surface area contributed by atoms with Gasteiger partial charge in [0.25, 0.3) is 5.91 Å². The fourth-order valence-corrected chi connectivity index (χ4v) is 3.55. The molecule has 1 aromatic carbocycles. The summed E-state index contributed by atoms with van der Waals surface area (Å²) in [6, 6.07) is 7.31. The predicted octanol–water partition coefficient (Wildman–Crippen LogP) is 1.35. The van der Waals surface area contributed by atoms with Crippen molar-refractivity contribution in [3.63, 3.8) is 0 Å². The van der Waals surface area contributed by atoms with Gasteiger partial charge in [-0.3, -0.25) is 4.79 Å². The molecule has 8 nitrogen and oxygen atoms in total. The van der Waals surface area contributed by atoms with E-state index in [1.54, 1.807) is 19.2 Å². The van der Waals surface area contributed by atoms with Gasteiger partial charge in [-0.2, -0.15) is 0 Å². The van der Waals surface area contributed by atoms with E-state index in [2.05, 4.69) is 5.32 Å². The van der Waals surface area contributed by atoms with Gasteiger partial charge in [0.15, 0.2) is 18.1 Å². The quantitative estimate of drug-likeness (QED) is 0.792. The van der Waals surface area contributed by atoms with Crippen LogP contribution < -0.4 is 14.8 Å². The summed E-state index contributed by atoms with van der Waals surface area (Å²) >= 11 is 0. The highest BCUT2D eigenvalue weighted by Crippen LogP contribution is 2.25. The number of carbonyl (C=O) groups excluding carboxylic acids is 2. The first kappa shape index (κ1) is 20.3. The van der Waals surface area contributed by atoms with Gasteiger partial charge < -0.3 is 29.3 Å². The van der Waals surface area contributed by atoms with E-state index in [1.165, 1.54) is 0 Å². The van der Waals surface area contributed by atoms with Crippen molar-refractivity contribution in [2.24, 2.45) is 5.92 Å². The van der Waals surface area contributed by atoms with Gasteiger partial charge in [-0.15, -0.1) is 0 Å². The van der Waals surface area contributed by atoms with Gasteiger partial charge in [0.1, 0.15) is 0 Å². The monoisotopic (exact) mass is 391 g/mol. The topological polar surface area (TPSA) is 80.3 Å². The molecule has 0 aliphatic carbocycles. The van der Waals surface area contributed by atoms with Crippen LogP contribution in [0, 0.1) is 5.92 Å².